The number of amides is 1. The Morgan fingerprint density at radius 1 is 1.52 bits per heavy atom. The Kier molecular flexibility index (Phi) is 5.57. The van der Waals surface area contributed by atoms with Crippen molar-refractivity contribution in [3.8, 4) is 0 Å². The Morgan fingerprint density at radius 2 is 2.20 bits per heavy atom. The van der Waals surface area contributed by atoms with Crippen molar-refractivity contribution >= 4 is 6.09 Å². The van der Waals surface area contributed by atoms with Gasteiger partial charge in [0, 0.05) is 17.6 Å². The highest BCUT2D eigenvalue weighted by Crippen LogP contribution is 2.40. The SMILES string of the molecule is C=CC[C@]1(NC(C)(C)C)CCN(C(=O)O)[C@@H](c2ccc(F)cc2C)C1. The zero-order chi connectivity index (χ0) is 18.8. The summed E-state index contributed by atoms with van der Waals surface area (Å²) in [5.41, 5.74) is 1.32. The number of nitrogens with one attached hydrogen (secondary N) is 1. The van der Waals surface area contributed by atoms with Crippen molar-refractivity contribution in [2.24, 2.45) is 0 Å². The molecule has 1 aliphatic heterocycles. The van der Waals surface area contributed by atoms with Gasteiger partial charge in [-0.1, -0.05) is 12.1 Å². The number of carbonyl (C=O) groups is 1. The van der Waals surface area contributed by atoms with Crippen molar-refractivity contribution < 1.29 is 14.3 Å². The highest BCUT2D eigenvalue weighted by Gasteiger charge is 2.43. The average Bonchev–Trinajstić information content (AvgIpc) is 2.45. The molecule has 0 aromatic heterocycles. The predicted molar refractivity (Wildman–Crippen MR) is 98.3 cm³/mol. The van der Waals surface area contributed by atoms with Crippen LogP contribution in [0.25, 0.3) is 0 Å². The van der Waals surface area contributed by atoms with Gasteiger partial charge in [0.25, 0.3) is 0 Å². The quantitative estimate of drug-likeness (QED) is 0.779. The Hall–Kier alpha value is -1.88. The molecule has 0 saturated carbocycles. The van der Waals surface area contributed by atoms with Gasteiger partial charge in [0.1, 0.15) is 5.82 Å². The van der Waals surface area contributed by atoms with Crippen LogP contribution >= 0.6 is 0 Å². The average molecular weight is 348 g/mol. The molecule has 1 saturated heterocycles. The highest BCUT2D eigenvalue weighted by molar-refractivity contribution is 5.66. The predicted octanol–water partition coefficient (Wildman–Crippen LogP) is 4.65. The number of benzene rings is 1. The van der Waals surface area contributed by atoms with Crippen molar-refractivity contribution in [3.63, 3.8) is 0 Å². The van der Waals surface area contributed by atoms with Crippen LogP contribution in [0.3, 0.4) is 0 Å². The summed E-state index contributed by atoms with van der Waals surface area (Å²) in [6, 6.07) is 4.29. The Balaban J connectivity index is 2.44. The molecule has 1 aromatic carbocycles. The number of aryl methyl sites for hydroxylation is 1. The van der Waals surface area contributed by atoms with Gasteiger partial charge < -0.3 is 15.3 Å². The van der Waals surface area contributed by atoms with Gasteiger partial charge in [-0.15, -0.1) is 6.58 Å². The number of hydrogen-bond donors (Lipinski definition) is 2. The molecule has 5 heteroatoms. The van der Waals surface area contributed by atoms with E-state index < -0.39 is 6.09 Å². The van der Waals surface area contributed by atoms with Crippen LogP contribution in [0.5, 0.6) is 0 Å². The number of rotatable bonds is 4. The minimum Gasteiger partial charge on any atom is -0.465 e. The van der Waals surface area contributed by atoms with E-state index in [0.717, 1.165) is 24.0 Å². The van der Waals surface area contributed by atoms with E-state index in [0.29, 0.717) is 13.0 Å². The van der Waals surface area contributed by atoms with Gasteiger partial charge >= 0.3 is 6.09 Å². The lowest BCUT2D eigenvalue weighted by Crippen LogP contribution is -2.60. The molecular formula is C20H29FN2O2. The summed E-state index contributed by atoms with van der Waals surface area (Å²) in [6.45, 7) is 12.5. The summed E-state index contributed by atoms with van der Waals surface area (Å²) in [5, 5.41) is 13.4. The first-order valence-electron chi connectivity index (χ1n) is 8.73. The van der Waals surface area contributed by atoms with E-state index in [-0.39, 0.29) is 22.9 Å². The lowest BCUT2D eigenvalue weighted by molar-refractivity contribution is 0.0584. The van der Waals surface area contributed by atoms with E-state index in [2.05, 4.69) is 32.7 Å². The molecule has 2 atom stereocenters. The van der Waals surface area contributed by atoms with Gasteiger partial charge in [-0.2, -0.15) is 0 Å². The Bertz CT molecular complexity index is 654. The van der Waals surface area contributed by atoms with E-state index >= 15 is 0 Å². The standard InChI is InChI=1S/C20H29FN2O2/c1-6-9-20(22-19(3,4)5)10-11-23(18(24)25)17(13-20)16-8-7-15(21)12-14(16)2/h6-8,12,17,22H,1,9-11,13H2,2-5H3,(H,24,25)/t17-,20+/m1/s1. The summed E-state index contributed by atoms with van der Waals surface area (Å²) >= 11 is 0. The monoisotopic (exact) mass is 348 g/mol. The molecular weight excluding hydrogens is 319 g/mol. The number of halogens is 1. The highest BCUT2D eigenvalue weighted by atomic mass is 19.1. The summed E-state index contributed by atoms with van der Waals surface area (Å²) in [4.78, 5) is 13.3. The topological polar surface area (TPSA) is 52.6 Å². The number of nitrogens with zero attached hydrogens (tertiary/aromatic N) is 1. The molecule has 1 heterocycles. The summed E-state index contributed by atoms with van der Waals surface area (Å²) < 4.78 is 13.5. The smallest absolute Gasteiger partial charge is 0.407 e. The van der Waals surface area contributed by atoms with Crippen molar-refractivity contribution in [3.05, 3.63) is 47.8 Å². The minimum atomic E-state index is -0.934. The molecule has 2 N–H and O–H groups in total. The maximum absolute atomic E-state index is 13.5. The van der Waals surface area contributed by atoms with E-state index in [1.807, 2.05) is 13.0 Å². The number of piperidine rings is 1. The van der Waals surface area contributed by atoms with Gasteiger partial charge in [0.05, 0.1) is 6.04 Å². The fraction of sp³-hybridized carbons (Fsp3) is 0.550. The second-order valence-electron chi connectivity index (χ2n) is 8.09. The number of carboxylic acid groups (broad SMARTS) is 1. The summed E-state index contributed by atoms with van der Waals surface area (Å²) in [5.74, 6) is -0.302. The molecule has 1 aliphatic rings. The third-order valence-electron chi connectivity index (χ3n) is 4.80. The third-order valence-corrected chi connectivity index (χ3v) is 4.80. The molecule has 4 nitrogen and oxygen atoms in total. The van der Waals surface area contributed by atoms with E-state index in [1.54, 1.807) is 6.07 Å². The molecule has 25 heavy (non-hydrogen) atoms. The van der Waals surface area contributed by atoms with Crippen LogP contribution in [0.15, 0.2) is 30.9 Å². The maximum atomic E-state index is 13.5. The maximum Gasteiger partial charge on any atom is 0.407 e. The van der Waals surface area contributed by atoms with Crippen LogP contribution < -0.4 is 5.32 Å². The first kappa shape index (κ1) is 19.4. The Morgan fingerprint density at radius 3 is 2.72 bits per heavy atom. The lowest BCUT2D eigenvalue weighted by Gasteiger charge is -2.49. The fourth-order valence-electron chi connectivity index (χ4n) is 4.01. The van der Waals surface area contributed by atoms with Crippen molar-refractivity contribution in [2.75, 3.05) is 6.54 Å². The van der Waals surface area contributed by atoms with Crippen LogP contribution in [0.1, 0.15) is 57.2 Å². The molecule has 0 spiro atoms. The zero-order valence-corrected chi connectivity index (χ0v) is 15.6. The molecule has 138 valence electrons. The molecule has 1 fully saturated rings. The van der Waals surface area contributed by atoms with Crippen LogP contribution in [-0.2, 0) is 0 Å². The van der Waals surface area contributed by atoms with E-state index in [9.17, 15) is 14.3 Å². The zero-order valence-electron chi connectivity index (χ0n) is 15.6. The van der Waals surface area contributed by atoms with Crippen molar-refractivity contribution in [2.45, 2.75) is 64.1 Å². The second-order valence-corrected chi connectivity index (χ2v) is 8.09. The first-order chi connectivity index (χ1) is 11.6. The van der Waals surface area contributed by atoms with E-state index in [4.69, 9.17) is 0 Å². The van der Waals surface area contributed by atoms with Gasteiger partial charge in [-0.05, 0) is 70.2 Å². The van der Waals surface area contributed by atoms with Crippen molar-refractivity contribution in [1.29, 1.82) is 0 Å². The molecule has 1 aromatic rings. The van der Waals surface area contributed by atoms with Crippen LogP contribution in [0, 0.1) is 12.7 Å². The van der Waals surface area contributed by atoms with Crippen LogP contribution in [0.2, 0.25) is 0 Å². The minimum absolute atomic E-state index is 0.100. The fourth-order valence-corrected chi connectivity index (χ4v) is 4.01. The van der Waals surface area contributed by atoms with Gasteiger partial charge in [-0.3, -0.25) is 0 Å². The largest absolute Gasteiger partial charge is 0.465 e. The number of hydrogen-bond acceptors (Lipinski definition) is 2. The molecule has 0 aliphatic carbocycles. The van der Waals surface area contributed by atoms with Crippen molar-refractivity contribution in [1.82, 2.24) is 10.2 Å². The Labute approximate surface area is 149 Å². The number of likely N-dealkylation sites (tertiary alicyclic amines) is 1. The molecule has 1 amide bonds. The molecule has 0 bridgehead atoms. The first-order valence-corrected chi connectivity index (χ1v) is 8.73. The second kappa shape index (κ2) is 7.16. The van der Waals surface area contributed by atoms with Crippen LogP contribution in [-0.4, -0.2) is 33.7 Å². The van der Waals surface area contributed by atoms with E-state index in [1.165, 1.54) is 17.0 Å². The normalized spacial score (nSPS) is 24.2. The molecule has 0 radical (unpaired) electrons. The molecule has 2 rings (SSSR count). The van der Waals surface area contributed by atoms with Gasteiger partial charge in [-0.25, -0.2) is 9.18 Å². The molecule has 0 unspecified atom stereocenters. The van der Waals surface area contributed by atoms with Gasteiger partial charge in [0.2, 0.25) is 0 Å². The lowest BCUT2D eigenvalue weighted by atomic mass is 9.76. The van der Waals surface area contributed by atoms with Gasteiger partial charge in [0.15, 0.2) is 0 Å². The summed E-state index contributed by atoms with van der Waals surface area (Å²) in [7, 11) is 0. The summed E-state index contributed by atoms with van der Waals surface area (Å²) in [6.07, 6.45) is 3.07. The third kappa shape index (κ3) is 4.60. The van der Waals surface area contributed by atoms with Crippen LogP contribution in [0.4, 0.5) is 9.18 Å².